The number of nitrogens with one attached hydrogen (secondary N) is 3. The van der Waals surface area contributed by atoms with Crippen LogP contribution >= 0.6 is 12.2 Å². The molecule has 0 spiro atoms. The Hall–Kier alpha value is -2.22. The lowest BCUT2D eigenvalue weighted by Gasteiger charge is -1.98. The molecule has 0 radical (unpaired) electrons. The molecule has 18 heavy (non-hydrogen) atoms. The number of hydrazone groups is 1. The number of benzene rings is 1. The molecule has 0 aliphatic rings. The second kappa shape index (κ2) is 6.50. The van der Waals surface area contributed by atoms with Gasteiger partial charge < -0.3 is 10.4 Å². The fourth-order valence-electron chi connectivity index (χ4n) is 1.17. The summed E-state index contributed by atoms with van der Waals surface area (Å²) < 4.78 is 0. The first-order chi connectivity index (χ1) is 8.54. The van der Waals surface area contributed by atoms with Crippen molar-refractivity contribution >= 4 is 29.2 Å². The second-order valence-electron chi connectivity index (χ2n) is 3.28. The minimum Gasteiger partial charge on any atom is -0.502 e. The zero-order valence-electron chi connectivity index (χ0n) is 9.64. The third-order valence-electron chi connectivity index (χ3n) is 1.96. The first-order valence-electron chi connectivity index (χ1n) is 5.14. The molecule has 7 nitrogen and oxygen atoms in total. The molecule has 0 atom stereocenters. The lowest BCUT2D eigenvalue weighted by molar-refractivity contribution is -0.500. The molecule has 8 heteroatoms. The number of nitro benzene ring substituents is 1. The summed E-state index contributed by atoms with van der Waals surface area (Å²) in [7, 11) is 0. The first-order valence-corrected chi connectivity index (χ1v) is 5.55. The van der Waals surface area contributed by atoms with E-state index in [1.54, 1.807) is 0 Å². The van der Waals surface area contributed by atoms with E-state index in [0.717, 1.165) is 0 Å². The highest BCUT2D eigenvalue weighted by atomic mass is 32.1. The lowest BCUT2D eigenvalue weighted by Crippen LogP contribution is -2.82. The van der Waals surface area contributed by atoms with Crippen LogP contribution in [0.2, 0.25) is 0 Å². The van der Waals surface area contributed by atoms with Crippen LogP contribution in [-0.4, -0.2) is 27.9 Å². The van der Waals surface area contributed by atoms with Crippen molar-refractivity contribution in [3.8, 4) is 5.75 Å². The van der Waals surface area contributed by atoms with Gasteiger partial charge in [0.2, 0.25) is 5.11 Å². The molecule has 0 unspecified atom stereocenters. The predicted octanol–water partition coefficient (Wildman–Crippen LogP) is -0.801. The van der Waals surface area contributed by atoms with Crippen LogP contribution in [-0.2, 0) is 0 Å². The van der Waals surface area contributed by atoms with Gasteiger partial charge in [0.25, 0.3) is 0 Å². The van der Waals surface area contributed by atoms with Crippen LogP contribution in [0.15, 0.2) is 18.2 Å². The van der Waals surface area contributed by atoms with Gasteiger partial charge in [-0.15, -0.1) is 10.5 Å². The number of nitrogens with zero attached hydrogens (tertiary/aromatic N) is 1. The van der Waals surface area contributed by atoms with Crippen molar-refractivity contribution in [1.82, 2.24) is 10.7 Å². The van der Waals surface area contributed by atoms with Crippen molar-refractivity contribution in [2.45, 2.75) is 6.92 Å². The van der Waals surface area contributed by atoms with Gasteiger partial charge in [-0.3, -0.25) is 10.1 Å². The van der Waals surface area contributed by atoms with Crippen molar-refractivity contribution in [1.29, 1.82) is 0 Å². The second-order valence-corrected chi connectivity index (χ2v) is 3.69. The van der Waals surface area contributed by atoms with E-state index in [9.17, 15) is 15.2 Å². The Labute approximate surface area is 109 Å². The van der Waals surface area contributed by atoms with Gasteiger partial charge in [-0.2, -0.15) is 0 Å². The third-order valence-corrected chi connectivity index (χ3v) is 2.20. The average molecular weight is 269 g/mol. The maximum atomic E-state index is 10.6. The maximum Gasteiger partial charge on any atom is 0.311 e. The number of hydrogen-bond donors (Lipinski definition) is 4. The van der Waals surface area contributed by atoms with Crippen LogP contribution < -0.4 is 15.8 Å². The molecule has 96 valence electrons. The van der Waals surface area contributed by atoms with Gasteiger partial charge in [0, 0.05) is 18.2 Å². The molecule has 0 aliphatic carbocycles. The van der Waals surface area contributed by atoms with Crippen LogP contribution in [0, 0.1) is 10.1 Å². The zero-order chi connectivity index (χ0) is 13.5. The zero-order valence-corrected chi connectivity index (χ0v) is 10.5. The highest BCUT2D eigenvalue weighted by Gasteiger charge is 2.13. The van der Waals surface area contributed by atoms with Crippen molar-refractivity contribution in [3.63, 3.8) is 0 Å². The Morgan fingerprint density at radius 3 is 3.00 bits per heavy atom. The summed E-state index contributed by atoms with van der Waals surface area (Å²) >= 11 is 4.90. The van der Waals surface area contributed by atoms with Gasteiger partial charge in [-0.05, 0) is 31.3 Å². The summed E-state index contributed by atoms with van der Waals surface area (Å²) in [5, 5.41) is 25.8. The van der Waals surface area contributed by atoms with E-state index < -0.39 is 4.92 Å². The van der Waals surface area contributed by atoms with Crippen molar-refractivity contribution < 1.29 is 15.1 Å². The molecule has 0 saturated carbocycles. The number of hydrogen-bond acceptors (Lipinski definition) is 4. The molecular formula is C10H13N4O3S+. The molecule has 0 aromatic heterocycles. The van der Waals surface area contributed by atoms with Crippen molar-refractivity contribution in [2.75, 3.05) is 6.54 Å². The van der Waals surface area contributed by atoms with E-state index in [2.05, 4.69) is 15.8 Å². The molecule has 0 aliphatic heterocycles. The third kappa shape index (κ3) is 3.98. The standard InChI is InChI=1S/C10H12N4O3S/c1-2-11-10(18)13-12-6-7-3-4-9(15)8(5-7)14(16)17/h3-6,15H,2H2,1H3,(H2,11,13,18)/p+1/b12-6+. The predicted molar refractivity (Wildman–Crippen MR) is 70.3 cm³/mol. The van der Waals surface area contributed by atoms with Gasteiger partial charge >= 0.3 is 5.69 Å². The summed E-state index contributed by atoms with van der Waals surface area (Å²) in [6, 6.07) is 4.04. The molecule has 4 N–H and O–H groups in total. The highest BCUT2D eigenvalue weighted by molar-refractivity contribution is 7.80. The molecule has 0 bridgehead atoms. The maximum absolute atomic E-state index is 10.6. The summed E-state index contributed by atoms with van der Waals surface area (Å²) in [6.45, 7) is 2.60. The van der Waals surface area contributed by atoms with Crippen LogP contribution in [0.3, 0.4) is 0 Å². The monoisotopic (exact) mass is 269 g/mol. The lowest BCUT2D eigenvalue weighted by atomic mass is 10.2. The molecular weight excluding hydrogens is 256 g/mol. The van der Waals surface area contributed by atoms with E-state index in [0.29, 0.717) is 17.2 Å². The minimum absolute atomic E-state index is 0.347. The first kappa shape index (κ1) is 13.8. The summed E-state index contributed by atoms with van der Waals surface area (Å²) in [6.07, 6.45) is 1.50. The van der Waals surface area contributed by atoms with E-state index in [4.69, 9.17) is 12.2 Å². The number of thiocarbonyl (C=S) groups is 1. The number of phenolic OH excluding ortho intramolecular Hbond substituents is 1. The summed E-state index contributed by atoms with van der Waals surface area (Å²) in [5.74, 6) is -0.367. The number of aromatic hydroxyl groups is 1. The molecule has 0 saturated heterocycles. The van der Waals surface area contributed by atoms with E-state index in [-0.39, 0.29) is 11.4 Å². The molecule has 1 aromatic carbocycles. The molecule has 0 fully saturated rings. The van der Waals surface area contributed by atoms with E-state index in [1.165, 1.54) is 24.4 Å². The SMILES string of the molecule is CCNC(=S)N/[NH+]=C/c1ccc(O)c([N+](=O)[O-])c1. The quantitative estimate of drug-likeness (QED) is 0.247. The minimum atomic E-state index is -0.649. The Bertz CT molecular complexity index is 490. The normalized spacial score (nSPS) is 10.3. The van der Waals surface area contributed by atoms with Gasteiger partial charge in [-0.1, -0.05) is 0 Å². The van der Waals surface area contributed by atoms with E-state index in [1.807, 2.05) is 6.92 Å². The number of rotatable bonds is 4. The molecule has 1 aromatic rings. The molecule has 0 heterocycles. The van der Waals surface area contributed by atoms with Crippen LogP contribution in [0.5, 0.6) is 5.75 Å². The van der Waals surface area contributed by atoms with E-state index >= 15 is 0 Å². The van der Waals surface area contributed by atoms with Gasteiger partial charge in [-0.25, -0.2) is 0 Å². The van der Waals surface area contributed by atoms with Gasteiger partial charge in [0.05, 0.1) is 4.92 Å². The number of phenols is 1. The van der Waals surface area contributed by atoms with Gasteiger partial charge in [0.1, 0.15) is 0 Å². The molecule has 0 amide bonds. The Balaban J connectivity index is 2.73. The fourth-order valence-corrected chi connectivity index (χ4v) is 1.37. The average Bonchev–Trinajstić information content (AvgIpc) is 2.31. The Kier molecular flexibility index (Phi) is 5.00. The van der Waals surface area contributed by atoms with Crippen LogP contribution in [0.25, 0.3) is 0 Å². The topological polar surface area (TPSA) is 101 Å². The van der Waals surface area contributed by atoms with Crippen molar-refractivity contribution in [3.05, 3.63) is 33.9 Å². The highest BCUT2D eigenvalue weighted by Crippen LogP contribution is 2.25. The fraction of sp³-hybridized carbons (Fsp3) is 0.200. The number of nitro groups is 1. The summed E-state index contributed by atoms with van der Waals surface area (Å²) in [5.41, 5.74) is 2.86. The number of hydrazine groups is 1. The van der Waals surface area contributed by atoms with Crippen molar-refractivity contribution in [2.24, 2.45) is 0 Å². The largest absolute Gasteiger partial charge is 0.502 e. The summed E-state index contributed by atoms with van der Waals surface area (Å²) in [4.78, 5) is 9.96. The smallest absolute Gasteiger partial charge is 0.311 e. The van der Waals surface area contributed by atoms with Gasteiger partial charge in [0.15, 0.2) is 12.0 Å². The Morgan fingerprint density at radius 2 is 2.39 bits per heavy atom. The van der Waals surface area contributed by atoms with Crippen LogP contribution in [0.1, 0.15) is 12.5 Å². The van der Waals surface area contributed by atoms with Crippen LogP contribution in [0.4, 0.5) is 5.69 Å². The molecule has 1 rings (SSSR count). The Morgan fingerprint density at radius 1 is 1.67 bits per heavy atom.